The summed E-state index contributed by atoms with van der Waals surface area (Å²) in [5.74, 6) is 1.83. The van der Waals surface area contributed by atoms with Crippen molar-refractivity contribution < 1.29 is 4.79 Å². The van der Waals surface area contributed by atoms with Gasteiger partial charge in [0, 0.05) is 25.2 Å². The second kappa shape index (κ2) is 5.59. The molecule has 1 amide bonds. The van der Waals surface area contributed by atoms with Crippen molar-refractivity contribution in [3.8, 4) is 0 Å². The summed E-state index contributed by atoms with van der Waals surface area (Å²) in [7, 11) is 0. The van der Waals surface area contributed by atoms with Crippen molar-refractivity contribution >= 4 is 11.7 Å². The average Bonchev–Trinajstić information content (AvgIpc) is 2.55. The SMILES string of the molecule is O=C1CCC(Nc2ccc(C3CCC3)cn2)CCN1. The maximum absolute atomic E-state index is 11.3. The fraction of sp³-hybridized carbons (Fsp3) is 0.600. The maximum atomic E-state index is 11.3. The monoisotopic (exact) mass is 259 g/mol. The highest BCUT2D eigenvalue weighted by Gasteiger charge is 2.20. The van der Waals surface area contributed by atoms with Crippen LogP contribution in [0.3, 0.4) is 0 Å². The zero-order chi connectivity index (χ0) is 13.1. The van der Waals surface area contributed by atoms with Crippen LogP contribution >= 0.6 is 0 Å². The van der Waals surface area contributed by atoms with Gasteiger partial charge in [-0.15, -0.1) is 0 Å². The molecule has 4 nitrogen and oxygen atoms in total. The lowest BCUT2D eigenvalue weighted by Crippen LogP contribution is -2.23. The van der Waals surface area contributed by atoms with E-state index in [2.05, 4.69) is 27.8 Å². The van der Waals surface area contributed by atoms with Gasteiger partial charge in [-0.05, 0) is 43.2 Å². The van der Waals surface area contributed by atoms with Gasteiger partial charge in [-0.3, -0.25) is 4.79 Å². The van der Waals surface area contributed by atoms with Gasteiger partial charge in [0.2, 0.25) is 5.91 Å². The molecule has 19 heavy (non-hydrogen) atoms. The molecular formula is C15H21N3O. The topological polar surface area (TPSA) is 54.0 Å². The van der Waals surface area contributed by atoms with Gasteiger partial charge >= 0.3 is 0 Å². The summed E-state index contributed by atoms with van der Waals surface area (Å²) in [5, 5.41) is 6.34. The first kappa shape index (κ1) is 12.5. The third-order valence-electron chi connectivity index (χ3n) is 4.25. The molecule has 2 heterocycles. The molecule has 0 aromatic carbocycles. The van der Waals surface area contributed by atoms with Crippen molar-refractivity contribution in [1.82, 2.24) is 10.3 Å². The van der Waals surface area contributed by atoms with Gasteiger partial charge in [-0.2, -0.15) is 0 Å². The third-order valence-corrected chi connectivity index (χ3v) is 4.25. The lowest BCUT2D eigenvalue weighted by Gasteiger charge is -2.25. The van der Waals surface area contributed by atoms with Gasteiger partial charge < -0.3 is 10.6 Å². The average molecular weight is 259 g/mol. The maximum Gasteiger partial charge on any atom is 0.220 e. The van der Waals surface area contributed by atoms with Crippen LogP contribution in [-0.2, 0) is 4.79 Å². The first-order valence-corrected chi connectivity index (χ1v) is 7.30. The normalized spacial score (nSPS) is 24.2. The van der Waals surface area contributed by atoms with E-state index in [-0.39, 0.29) is 5.91 Å². The highest BCUT2D eigenvalue weighted by Crippen LogP contribution is 2.36. The van der Waals surface area contributed by atoms with Crippen LogP contribution in [0, 0.1) is 0 Å². The molecule has 3 rings (SSSR count). The number of rotatable bonds is 3. The molecule has 0 spiro atoms. The molecule has 1 unspecified atom stereocenters. The van der Waals surface area contributed by atoms with Crippen molar-refractivity contribution in [2.45, 2.75) is 50.5 Å². The van der Waals surface area contributed by atoms with E-state index in [1.165, 1.54) is 24.8 Å². The highest BCUT2D eigenvalue weighted by atomic mass is 16.1. The molecule has 1 aromatic rings. The number of hydrogen-bond donors (Lipinski definition) is 2. The zero-order valence-corrected chi connectivity index (χ0v) is 11.2. The number of aromatic nitrogens is 1. The lowest BCUT2D eigenvalue weighted by atomic mass is 9.81. The quantitative estimate of drug-likeness (QED) is 0.876. The Morgan fingerprint density at radius 3 is 2.79 bits per heavy atom. The molecule has 1 saturated carbocycles. The number of carbonyl (C=O) groups is 1. The summed E-state index contributed by atoms with van der Waals surface area (Å²) in [4.78, 5) is 15.8. The summed E-state index contributed by atoms with van der Waals surface area (Å²) >= 11 is 0. The standard InChI is InChI=1S/C15H21N3O/c19-15-7-5-13(8-9-16-15)18-14-6-4-12(10-17-14)11-2-1-3-11/h4,6,10-11,13H,1-3,5,7-9H2,(H,16,19)(H,17,18). The molecule has 1 aliphatic heterocycles. The second-order valence-electron chi connectivity index (χ2n) is 5.62. The van der Waals surface area contributed by atoms with Crippen LogP contribution < -0.4 is 10.6 Å². The molecule has 0 bridgehead atoms. The lowest BCUT2D eigenvalue weighted by molar-refractivity contribution is -0.120. The Morgan fingerprint density at radius 1 is 1.21 bits per heavy atom. The Labute approximate surface area is 114 Å². The van der Waals surface area contributed by atoms with E-state index in [9.17, 15) is 4.79 Å². The Bertz CT molecular complexity index is 439. The minimum Gasteiger partial charge on any atom is -0.367 e. The number of anilines is 1. The molecule has 0 radical (unpaired) electrons. The molecule has 2 aliphatic rings. The van der Waals surface area contributed by atoms with E-state index >= 15 is 0 Å². The van der Waals surface area contributed by atoms with Crippen molar-refractivity contribution in [3.05, 3.63) is 23.9 Å². The van der Waals surface area contributed by atoms with Gasteiger partial charge in [-0.25, -0.2) is 4.98 Å². The molecule has 1 atom stereocenters. The Balaban J connectivity index is 1.58. The molecular weight excluding hydrogens is 238 g/mol. The number of nitrogens with zero attached hydrogens (tertiary/aromatic N) is 1. The number of nitrogens with one attached hydrogen (secondary N) is 2. The fourth-order valence-electron chi connectivity index (χ4n) is 2.75. The van der Waals surface area contributed by atoms with Gasteiger partial charge in [0.1, 0.15) is 5.82 Å². The number of carbonyl (C=O) groups excluding carboxylic acids is 1. The van der Waals surface area contributed by atoms with Crippen LogP contribution in [-0.4, -0.2) is 23.5 Å². The summed E-state index contributed by atoms with van der Waals surface area (Å²) < 4.78 is 0. The van der Waals surface area contributed by atoms with Crippen molar-refractivity contribution in [2.24, 2.45) is 0 Å². The highest BCUT2D eigenvalue weighted by molar-refractivity contribution is 5.76. The van der Waals surface area contributed by atoms with Crippen LogP contribution in [0.5, 0.6) is 0 Å². The van der Waals surface area contributed by atoms with Gasteiger partial charge in [-0.1, -0.05) is 12.5 Å². The van der Waals surface area contributed by atoms with Crippen LogP contribution in [0.4, 0.5) is 5.82 Å². The van der Waals surface area contributed by atoms with E-state index in [1.54, 1.807) is 0 Å². The fourth-order valence-corrected chi connectivity index (χ4v) is 2.75. The first-order valence-electron chi connectivity index (χ1n) is 7.30. The van der Waals surface area contributed by atoms with Crippen LogP contribution in [0.15, 0.2) is 18.3 Å². The molecule has 1 saturated heterocycles. The van der Waals surface area contributed by atoms with E-state index in [0.717, 1.165) is 31.1 Å². The number of pyridine rings is 1. The molecule has 1 aromatic heterocycles. The van der Waals surface area contributed by atoms with Crippen molar-refractivity contribution in [2.75, 3.05) is 11.9 Å². The van der Waals surface area contributed by atoms with Crippen molar-refractivity contribution in [1.29, 1.82) is 0 Å². The van der Waals surface area contributed by atoms with E-state index in [4.69, 9.17) is 0 Å². The van der Waals surface area contributed by atoms with Gasteiger partial charge in [0.05, 0.1) is 0 Å². The van der Waals surface area contributed by atoms with Crippen LogP contribution in [0.25, 0.3) is 0 Å². The predicted octanol–water partition coefficient (Wildman–Crippen LogP) is 2.43. The zero-order valence-electron chi connectivity index (χ0n) is 11.2. The van der Waals surface area contributed by atoms with Crippen LogP contribution in [0.2, 0.25) is 0 Å². The molecule has 2 fully saturated rings. The van der Waals surface area contributed by atoms with E-state index in [1.807, 2.05) is 6.20 Å². The first-order chi connectivity index (χ1) is 9.31. The smallest absolute Gasteiger partial charge is 0.220 e. The molecule has 102 valence electrons. The predicted molar refractivity (Wildman–Crippen MR) is 75.1 cm³/mol. The summed E-state index contributed by atoms with van der Waals surface area (Å²) in [6.07, 6.45) is 8.45. The summed E-state index contributed by atoms with van der Waals surface area (Å²) in [5.41, 5.74) is 1.37. The minimum absolute atomic E-state index is 0.164. The molecule has 4 heteroatoms. The molecule has 2 N–H and O–H groups in total. The Kier molecular flexibility index (Phi) is 3.67. The van der Waals surface area contributed by atoms with Crippen molar-refractivity contribution in [3.63, 3.8) is 0 Å². The summed E-state index contributed by atoms with van der Waals surface area (Å²) in [6.45, 7) is 0.761. The van der Waals surface area contributed by atoms with Gasteiger partial charge in [0.25, 0.3) is 0 Å². The van der Waals surface area contributed by atoms with E-state index in [0.29, 0.717) is 12.5 Å². The Hall–Kier alpha value is -1.58. The van der Waals surface area contributed by atoms with Gasteiger partial charge in [0.15, 0.2) is 0 Å². The third kappa shape index (κ3) is 3.06. The van der Waals surface area contributed by atoms with Crippen LogP contribution in [0.1, 0.15) is 50.0 Å². The molecule has 1 aliphatic carbocycles. The second-order valence-corrected chi connectivity index (χ2v) is 5.62. The Morgan fingerprint density at radius 2 is 2.11 bits per heavy atom. The largest absolute Gasteiger partial charge is 0.367 e. The summed E-state index contributed by atoms with van der Waals surface area (Å²) in [6, 6.07) is 4.62. The number of hydrogen-bond acceptors (Lipinski definition) is 3. The number of amides is 1. The van der Waals surface area contributed by atoms with E-state index < -0.39 is 0 Å². The minimum atomic E-state index is 0.164.